The van der Waals surface area contributed by atoms with Crippen LogP contribution in [0.25, 0.3) is 0 Å². The highest BCUT2D eigenvalue weighted by atomic mass is 15.3. The quantitative estimate of drug-likeness (QED) is 0.489. The average molecular weight is 137 g/mol. The van der Waals surface area contributed by atoms with Gasteiger partial charge in [-0.25, -0.2) is 0 Å². The van der Waals surface area contributed by atoms with Crippen LogP contribution in [0.1, 0.15) is 26.2 Å². The van der Waals surface area contributed by atoms with Crippen LogP contribution in [0.5, 0.6) is 0 Å². The lowest BCUT2D eigenvalue weighted by atomic mass is 9.94. The summed E-state index contributed by atoms with van der Waals surface area (Å²) in [6.07, 6.45) is 4.49. The summed E-state index contributed by atoms with van der Waals surface area (Å²) in [6, 6.07) is 0. The lowest BCUT2D eigenvalue weighted by Crippen LogP contribution is -2.38. The first-order valence-corrected chi connectivity index (χ1v) is 4.56. The van der Waals surface area contributed by atoms with Gasteiger partial charge in [-0.15, -0.1) is 0 Å². The first-order chi connectivity index (χ1) is 4.81. The summed E-state index contributed by atoms with van der Waals surface area (Å²) < 4.78 is 0. The number of hydrogen-bond acceptors (Lipinski definition) is 1. The van der Waals surface area contributed by atoms with Gasteiger partial charge in [0.05, 0.1) is 0 Å². The maximum absolute atomic E-state index is 2.73. The molecule has 2 heterocycles. The van der Waals surface area contributed by atoms with E-state index in [-0.39, 0.29) is 0 Å². The molecule has 56 valence electrons. The molecule has 1 saturated carbocycles. The fraction of sp³-hybridized carbons (Fsp3) is 1.00. The van der Waals surface area contributed by atoms with Gasteiger partial charge in [0.25, 0.3) is 0 Å². The monoisotopic (exact) mass is 137 g/mol. The standard InChI is InChI=1S/C9H15N/c1-9-3-2-4-10(9)6-7-5-8(7)9/h7-8H,2-6H2,1H3. The van der Waals surface area contributed by atoms with Gasteiger partial charge in [-0.3, -0.25) is 4.90 Å². The molecule has 10 heavy (non-hydrogen) atoms. The molecular weight excluding hydrogens is 122 g/mol. The molecule has 0 radical (unpaired) electrons. The number of nitrogens with zero attached hydrogens (tertiary/aromatic N) is 1. The van der Waals surface area contributed by atoms with E-state index >= 15 is 0 Å². The maximum atomic E-state index is 2.73. The van der Waals surface area contributed by atoms with Crippen molar-refractivity contribution in [3.05, 3.63) is 0 Å². The highest BCUT2D eigenvalue weighted by molar-refractivity contribution is 5.14. The maximum Gasteiger partial charge on any atom is 0.0213 e. The minimum absolute atomic E-state index is 0.671. The van der Waals surface area contributed by atoms with Crippen molar-refractivity contribution >= 4 is 0 Å². The molecular formula is C9H15N. The molecule has 3 fully saturated rings. The van der Waals surface area contributed by atoms with Crippen LogP contribution in [0.2, 0.25) is 0 Å². The Balaban J connectivity index is 1.97. The molecule has 3 unspecified atom stereocenters. The second-order valence-corrected chi connectivity index (χ2v) is 4.51. The molecule has 0 bridgehead atoms. The van der Waals surface area contributed by atoms with Gasteiger partial charge in [-0.1, -0.05) is 0 Å². The van der Waals surface area contributed by atoms with Gasteiger partial charge in [0.2, 0.25) is 0 Å². The number of piperidine rings is 1. The van der Waals surface area contributed by atoms with Crippen molar-refractivity contribution in [1.29, 1.82) is 0 Å². The first-order valence-electron chi connectivity index (χ1n) is 4.56. The first kappa shape index (κ1) is 5.59. The second kappa shape index (κ2) is 1.42. The third-order valence-electron chi connectivity index (χ3n) is 4.01. The predicted octanol–water partition coefficient (Wildman–Crippen LogP) is 1.49. The normalized spacial score (nSPS) is 58.5. The van der Waals surface area contributed by atoms with Gasteiger partial charge in [-0.05, 0) is 44.6 Å². The van der Waals surface area contributed by atoms with Gasteiger partial charge in [0.1, 0.15) is 0 Å². The largest absolute Gasteiger partial charge is 0.297 e. The van der Waals surface area contributed by atoms with Gasteiger partial charge in [-0.2, -0.15) is 0 Å². The Morgan fingerprint density at radius 2 is 2.40 bits per heavy atom. The molecule has 0 aromatic heterocycles. The fourth-order valence-corrected chi connectivity index (χ4v) is 3.26. The molecule has 0 spiro atoms. The van der Waals surface area contributed by atoms with Crippen molar-refractivity contribution in [3.63, 3.8) is 0 Å². The zero-order valence-electron chi connectivity index (χ0n) is 6.64. The van der Waals surface area contributed by atoms with Crippen LogP contribution in [0.3, 0.4) is 0 Å². The zero-order valence-corrected chi connectivity index (χ0v) is 6.64. The molecule has 2 aliphatic heterocycles. The van der Waals surface area contributed by atoms with Crippen LogP contribution in [-0.4, -0.2) is 23.5 Å². The van der Waals surface area contributed by atoms with Crippen LogP contribution >= 0.6 is 0 Å². The van der Waals surface area contributed by atoms with E-state index in [1.807, 2.05) is 0 Å². The van der Waals surface area contributed by atoms with Crippen LogP contribution in [0, 0.1) is 11.8 Å². The van der Waals surface area contributed by atoms with Crippen LogP contribution < -0.4 is 0 Å². The lowest BCUT2D eigenvalue weighted by molar-refractivity contribution is 0.179. The van der Waals surface area contributed by atoms with Crippen molar-refractivity contribution in [2.45, 2.75) is 31.7 Å². The third-order valence-corrected chi connectivity index (χ3v) is 4.01. The van der Waals surface area contributed by atoms with E-state index in [2.05, 4.69) is 11.8 Å². The fourth-order valence-electron chi connectivity index (χ4n) is 3.26. The third kappa shape index (κ3) is 0.460. The van der Waals surface area contributed by atoms with E-state index in [1.165, 1.54) is 25.9 Å². The molecule has 3 aliphatic rings. The number of fused-ring (bicyclic) bond motifs is 3. The van der Waals surface area contributed by atoms with E-state index in [0.29, 0.717) is 5.54 Å². The number of rotatable bonds is 0. The SMILES string of the molecule is CC12CCCN1CC1CC12. The van der Waals surface area contributed by atoms with E-state index in [4.69, 9.17) is 0 Å². The van der Waals surface area contributed by atoms with Gasteiger partial charge in [0.15, 0.2) is 0 Å². The Bertz CT molecular complexity index is 178. The topological polar surface area (TPSA) is 3.24 Å². The number of hydrogen-bond donors (Lipinski definition) is 0. The Kier molecular flexibility index (Phi) is 0.797. The smallest absolute Gasteiger partial charge is 0.0213 e. The summed E-state index contributed by atoms with van der Waals surface area (Å²) in [5, 5.41) is 0. The highest BCUT2D eigenvalue weighted by Gasteiger charge is 2.60. The molecule has 1 nitrogen and oxygen atoms in total. The Morgan fingerprint density at radius 1 is 1.50 bits per heavy atom. The summed E-state index contributed by atoms with van der Waals surface area (Å²) in [7, 11) is 0. The molecule has 1 heteroatoms. The van der Waals surface area contributed by atoms with Gasteiger partial charge >= 0.3 is 0 Å². The lowest BCUT2D eigenvalue weighted by Gasteiger charge is -2.30. The van der Waals surface area contributed by atoms with E-state index in [0.717, 1.165) is 11.8 Å². The molecule has 0 aromatic carbocycles. The van der Waals surface area contributed by atoms with Crippen molar-refractivity contribution in [2.75, 3.05) is 13.1 Å². The predicted molar refractivity (Wildman–Crippen MR) is 40.8 cm³/mol. The van der Waals surface area contributed by atoms with E-state index in [1.54, 1.807) is 6.42 Å². The van der Waals surface area contributed by atoms with Crippen molar-refractivity contribution in [2.24, 2.45) is 11.8 Å². The van der Waals surface area contributed by atoms with Gasteiger partial charge in [0, 0.05) is 12.1 Å². The Labute approximate surface area is 62.4 Å². The van der Waals surface area contributed by atoms with E-state index < -0.39 is 0 Å². The van der Waals surface area contributed by atoms with Crippen molar-refractivity contribution in [3.8, 4) is 0 Å². The Morgan fingerprint density at radius 3 is 3.20 bits per heavy atom. The summed E-state index contributed by atoms with van der Waals surface area (Å²) in [5.41, 5.74) is 0.671. The van der Waals surface area contributed by atoms with Gasteiger partial charge < -0.3 is 0 Å². The van der Waals surface area contributed by atoms with Crippen LogP contribution in [0.15, 0.2) is 0 Å². The summed E-state index contributed by atoms with van der Waals surface area (Å²) in [4.78, 5) is 2.73. The molecule has 3 atom stereocenters. The summed E-state index contributed by atoms with van der Waals surface area (Å²) >= 11 is 0. The minimum Gasteiger partial charge on any atom is -0.297 e. The molecule has 0 aromatic rings. The van der Waals surface area contributed by atoms with Crippen molar-refractivity contribution < 1.29 is 0 Å². The molecule has 3 rings (SSSR count). The van der Waals surface area contributed by atoms with Crippen LogP contribution in [-0.2, 0) is 0 Å². The molecule has 0 amide bonds. The molecule has 0 N–H and O–H groups in total. The van der Waals surface area contributed by atoms with Crippen molar-refractivity contribution in [1.82, 2.24) is 4.90 Å². The molecule has 2 saturated heterocycles. The Hall–Kier alpha value is -0.0400. The van der Waals surface area contributed by atoms with E-state index in [9.17, 15) is 0 Å². The van der Waals surface area contributed by atoms with Crippen LogP contribution in [0.4, 0.5) is 0 Å². The average Bonchev–Trinajstić information content (AvgIpc) is 2.47. The zero-order chi connectivity index (χ0) is 6.77. The second-order valence-electron chi connectivity index (χ2n) is 4.51. The summed E-state index contributed by atoms with van der Waals surface area (Å²) in [5.74, 6) is 2.22. The molecule has 1 aliphatic carbocycles. The highest BCUT2D eigenvalue weighted by Crippen LogP contribution is 2.59. The summed E-state index contributed by atoms with van der Waals surface area (Å²) in [6.45, 7) is 5.31. The minimum atomic E-state index is 0.671.